The molecule has 0 aromatic carbocycles. The van der Waals surface area contributed by atoms with Crippen molar-refractivity contribution in [2.75, 3.05) is 7.11 Å². The first-order valence-electron chi connectivity index (χ1n) is 10.4. The van der Waals surface area contributed by atoms with E-state index in [1.165, 1.54) is 27.9 Å². The number of rotatable bonds is 10. The number of ketones is 1. The summed E-state index contributed by atoms with van der Waals surface area (Å²) in [7, 11) is 1.30. The molecule has 3 amide bonds. The maximum atomic E-state index is 10.8. The van der Waals surface area contributed by atoms with Crippen LogP contribution in [0.1, 0.15) is 81.6 Å². The summed E-state index contributed by atoms with van der Waals surface area (Å²) in [5.74, 6) is -1.96. The Bertz CT molecular complexity index is 623. The number of hydrogen-bond acceptors (Lipinski definition) is 7. The van der Waals surface area contributed by atoms with E-state index in [9.17, 15) is 28.8 Å². The van der Waals surface area contributed by atoms with Crippen LogP contribution in [0.5, 0.6) is 0 Å². The number of hydrogen-bond donors (Lipinski definition) is 4. The summed E-state index contributed by atoms with van der Waals surface area (Å²) in [6.07, 6.45) is 1.95. The van der Waals surface area contributed by atoms with Gasteiger partial charge in [-0.25, -0.2) is 9.59 Å². The van der Waals surface area contributed by atoms with Crippen molar-refractivity contribution in [3.8, 4) is 0 Å². The van der Waals surface area contributed by atoms with Gasteiger partial charge in [0.05, 0.1) is 13.2 Å². The normalized spacial score (nSPS) is 11.8. The molecular weight excluding hydrogens is 434 g/mol. The van der Waals surface area contributed by atoms with Crippen LogP contribution in [-0.2, 0) is 33.5 Å². The zero-order chi connectivity index (χ0) is 25.9. The highest BCUT2D eigenvalue weighted by Gasteiger charge is 2.17. The molecule has 11 nitrogen and oxygen atoms in total. The Morgan fingerprint density at radius 1 is 0.727 bits per heavy atom. The van der Waals surface area contributed by atoms with Gasteiger partial charge in [0, 0.05) is 20.3 Å². The van der Waals surface area contributed by atoms with Gasteiger partial charge in [-0.2, -0.15) is 0 Å². The van der Waals surface area contributed by atoms with Crippen molar-refractivity contribution < 1.29 is 38.6 Å². The Morgan fingerprint density at radius 3 is 1.33 bits per heavy atom. The number of carboxylic acid groups (broad SMARTS) is 1. The van der Waals surface area contributed by atoms with Crippen molar-refractivity contribution in [1.29, 1.82) is 0 Å². The van der Waals surface area contributed by atoms with Crippen LogP contribution in [0.4, 0.5) is 0 Å². The van der Waals surface area contributed by atoms with Crippen molar-refractivity contribution in [3.63, 3.8) is 0 Å². The van der Waals surface area contributed by atoms with Crippen molar-refractivity contribution >= 4 is 35.4 Å². The number of aliphatic carboxylic acids is 1. The summed E-state index contributed by atoms with van der Waals surface area (Å²) in [6.45, 7) is 11.3. The molecule has 3 atom stereocenters. The second kappa shape index (κ2) is 22.2. The summed E-state index contributed by atoms with van der Waals surface area (Å²) < 4.78 is 4.45. The molecule has 0 aliphatic carbocycles. The molecule has 0 aromatic rings. The zero-order valence-electron chi connectivity index (χ0n) is 20.4. The van der Waals surface area contributed by atoms with E-state index in [4.69, 9.17) is 5.11 Å². The third kappa shape index (κ3) is 22.0. The van der Waals surface area contributed by atoms with Crippen LogP contribution in [0, 0.1) is 0 Å². The lowest BCUT2D eigenvalue weighted by molar-refractivity contribution is -0.145. The molecule has 0 spiro atoms. The number of esters is 1. The van der Waals surface area contributed by atoms with Gasteiger partial charge in [0.2, 0.25) is 17.7 Å². The van der Waals surface area contributed by atoms with Crippen LogP contribution < -0.4 is 16.0 Å². The van der Waals surface area contributed by atoms with Gasteiger partial charge in [-0.15, -0.1) is 0 Å². The minimum Gasteiger partial charge on any atom is -0.480 e. The largest absolute Gasteiger partial charge is 0.480 e. The van der Waals surface area contributed by atoms with Gasteiger partial charge in [-0.1, -0.05) is 35.1 Å². The first-order chi connectivity index (χ1) is 14.8. The predicted molar refractivity (Wildman–Crippen MR) is 125 cm³/mol. The number of methoxy groups -OCH3 is 1. The third-order valence-corrected chi connectivity index (χ3v) is 3.91. The van der Waals surface area contributed by atoms with Gasteiger partial charge in [-0.3, -0.25) is 19.2 Å². The highest BCUT2D eigenvalue weighted by molar-refractivity contribution is 5.86. The molecule has 0 radical (unpaired) electrons. The Balaban J connectivity index is -0.000000189. The molecule has 11 heteroatoms. The van der Waals surface area contributed by atoms with Crippen molar-refractivity contribution in [2.24, 2.45) is 0 Å². The summed E-state index contributed by atoms with van der Waals surface area (Å²) in [6, 6.07) is -1.53. The standard InChI is InChI=1S/2C7H13NO3.C7H13NO2.CH4/c1-4-6(7(10)11-3)8-5(2)9;1-3-5(7(10)11)8-6(9)4-2;1-4-7(5(2)9)8-6(3)10;/h6H,4H2,1-3H3,(H,8,9);5H,3-4H2,1-2H3,(H,8,9)(H,10,11);7H,4H2,1-3H3,(H,8,10);1H4. The first-order valence-corrected chi connectivity index (χ1v) is 10.4. The van der Waals surface area contributed by atoms with E-state index in [0.717, 1.165) is 0 Å². The van der Waals surface area contributed by atoms with Crippen molar-refractivity contribution in [3.05, 3.63) is 0 Å². The number of Topliss-reactive ketones (excluding diaryl/α,β-unsaturated/α-hetero) is 1. The average molecular weight is 478 g/mol. The lowest BCUT2D eigenvalue weighted by Crippen LogP contribution is -2.39. The SMILES string of the molecule is C.CCC(=O)NC(CC)C(=O)O.CCC(NC(C)=O)C(=O)OC.CCC(NC(C)=O)C(C)=O. The fraction of sp³-hybridized carbons (Fsp3) is 0.727. The van der Waals surface area contributed by atoms with Gasteiger partial charge < -0.3 is 25.8 Å². The quantitative estimate of drug-likeness (QED) is 0.344. The highest BCUT2D eigenvalue weighted by Crippen LogP contribution is 1.93. The minimum atomic E-state index is -0.977. The van der Waals surface area contributed by atoms with E-state index in [2.05, 4.69) is 20.7 Å². The maximum absolute atomic E-state index is 10.8. The summed E-state index contributed by atoms with van der Waals surface area (Å²) >= 11 is 0. The molecule has 194 valence electrons. The van der Waals surface area contributed by atoms with Gasteiger partial charge >= 0.3 is 11.9 Å². The fourth-order valence-electron chi connectivity index (χ4n) is 2.09. The van der Waals surface area contributed by atoms with Crippen LogP contribution in [0.3, 0.4) is 0 Å². The topological polar surface area (TPSA) is 168 Å². The van der Waals surface area contributed by atoms with Crippen LogP contribution in [-0.4, -0.2) is 65.8 Å². The van der Waals surface area contributed by atoms with Gasteiger partial charge in [0.25, 0.3) is 0 Å². The number of nitrogens with one attached hydrogen (secondary N) is 3. The van der Waals surface area contributed by atoms with E-state index in [1.54, 1.807) is 20.8 Å². The molecule has 0 aliphatic heterocycles. The molecule has 0 rings (SSSR count). The summed E-state index contributed by atoms with van der Waals surface area (Å²) in [4.78, 5) is 63.6. The van der Waals surface area contributed by atoms with E-state index in [0.29, 0.717) is 25.7 Å². The second-order valence-electron chi connectivity index (χ2n) is 6.68. The number of ether oxygens (including phenoxy) is 1. The van der Waals surface area contributed by atoms with Crippen LogP contribution in [0.2, 0.25) is 0 Å². The average Bonchev–Trinajstić information content (AvgIpc) is 2.73. The monoisotopic (exact) mass is 477 g/mol. The number of carbonyl (C=O) groups is 6. The van der Waals surface area contributed by atoms with E-state index >= 15 is 0 Å². The highest BCUT2D eigenvalue weighted by atomic mass is 16.5. The lowest BCUT2D eigenvalue weighted by atomic mass is 10.1. The third-order valence-electron chi connectivity index (χ3n) is 3.91. The van der Waals surface area contributed by atoms with Crippen molar-refractivity contribution in [2.45, 2.75) is 99.7 Å². The van der Waals surface area contributed by atoms with Crippen LogP contribution >= 0.6 is 0 Å². The van der Waals surface area contributed by atoms with Gasteiger partial charge in [0.1, 0.15) is 12.1 Å². The zero-order valence-corrected chi connectivity index (χ0v) is 20.4. The molecule has 0 aromatic heterocycles. The summed E-state index contributed by atoms with van der Waals surface area (Å²) in [5.41, 5.74) is 0. The second-order valence-corrected chi connectivity index (χ2v) is 6.68. The molecule has 4 N–H and O–H groups in total. The van der Waals surface area contributed by atoms with E-state index < -0.39 is 24.0 Å². The Kier molecular flexibility index (Phi) is 25.1. The molecule has 0 bridgehead atoms. The molecule has 3 unspecified atom stereocenters. The van der Waals surface area contributed by atoms with Gasteiger partial charge in [0.15, 0.2) is 5.78 Å². The molecule has 0 saturated heterocycles. The fourth-order valence-corrected chi connectivity index (χ4v) is 2.09. The smallest absolute Gasteiger partial charge is 0.328 e. The minimum absolute atomic E-state index is 0. The lowest BCUT2D eigenvalue weighted by Gasteiger charge is -2.12. The van der Waals surface area contributed by atoms with Crippen LogP contribution in [0.15, 0.2) is 0 Å². The molecule has 0 heterocycles. The Labute approximate surface area is 197 Å². The molecular formula is C22H43N3O8. The number of amides is 3. The molecule has 0 aliphatic rings. The van der Waals surface area contributed by atoms with E-state index in [1.807, 2.05) is 6.92 Å². The molecule has 0 fully saturated rings. The summed E-state index contributed by atoms with van der Waals surface area (Å²) in [5, 5.41) is 15.9. The number of carboxylic acids is 1. The van der Waals surface area contributed by atoms with Crippen molar-refractivity contribution in [1.82, 2.24) is 16.0 Å². The molecule has 33 heavy (non-hydrogen) atoms. The van der Waals surface area contributed by atoms with Crippen LogP contribution in [0.25, 0.3) is 0 Å². The molecule has 0 saturated carbocycles. The van der Waals surface area contributed by atoms with Gasteiger partial charge in [-0.05, 0) is 26.2 Å². The first kappa shape index (κ1) is 37.3. The number of carbonyl (C=O) groups excluding carboxylic acids is 5. The Morgan fingerprint density at radius 2 is 1.12 bits per heavy atom. The Hall–Kier alpha value is -2.98. The maximum Gasteiger partial charge on any atom is 0.328 e. The predicted octanol–water partition coefficient (Wildman–Crippen LogP) is 1.58. The van der Waals surface area contributed by atoms with E-state index in [-0.39, 0.29) is 37.0 Å².